The summed E-state index contributed by atoms with van der Waals surface area (Å²) in [4.78, 5) is 14.4. The van der Waals surface area contributed by atoms with Gasteiger partial charge >= 0.3 is 0 Å². The van der Waals surface area contributed by atoms with E-state index in [1.165, 1.54) is 6.92 Å². The zero-order chi connectivity index (χ0) is 9.68. The van der Waals surface area contributed by atoms with Crippen LogP contribution in [-0.2, 0) is 4.79 Å². The minimum Gasteiger partial charge on any atom is -0.387 e. The first-order chi connectivity index (χ1) is 6.20. The molecule has 0 fully saturated rings. The summed E-state index contributed by atoms with van der Waals surface area (Å²) in [5.74, 6) is -0.150. The van der Waals surface area contributed by atoms with Crippen LogP contribution in [0.3, 0.4) is 0 Å². The van der Waals surface area contributed by atoms with Gasteiger partial charge in [0, 0.05) is 31.4 Å². The van der Waals surface area contributed by atoms with Crippen molar-refractivity contribution in [2.45, 2.75) is 13.0 Å². The minimum atomic E-state index is -0.683. The highest BCUT2D eigenvalue weighted by Gasteiger charge is 2.06. The number of rotatable bonds is 3. The summed E-state index contributed by atoms with van der Waals surface area (Å²) in [7, 11) is 0. The predicted octanol–water partition coefficient (Wildman–Crippen LogP) is 0.251. The first-order valence-electron chi connectivity index (χ1n) is 4.02. The zero-order valence-corrected chi connectivity index (χ0v) is 7.40. The fourth-order valence-electron chi connectivity index (χ4n) is 0.931. The Morgan fingerprint density at radius 3 is 3.08 bits per heavy atom. The van der Waals surface area contributed by atoms with E-state index in [-0.39, 0.29) is 12.5 Å². The average Bonchev–Trinajstić information content (AvgIpc) is 2.15. The van der Waals surface area contributed by atoms with E-state index in [0.717, 1.165) is 0 Å². The van der Waals surface area contributed by atoms with E-state index in [1.807, 2.05) is 0 Å². The molecule has 0 bridgehead atoms. The maximum Gasteiger partial charge on any atom is 0.216 e. The lowest BCUT2D eigenvalue weighted by atomic mass is 10.1. The van der Waals surface area contributed by atoms with E-state index in [0.29, 0.717) is 5.56 Å². The highest BCUT2D eigenvalue weighted by atomic mass is 16.3. The van der Waals surface area contributed by atoms with Crippen molar-refractivity contribution in [3.8, 4) is 0 Å². The van der Waals surface area contributed by atoms with Gasteiger partial charge in [-0.05, 0) is 6.07 Å². The molecule has 0 aliphatic carbocycles. The average molecular weight is 180 g/mol. The fraction of sp³-hybridized carbons (Fsp3) is 0.333. The highest BCUT2D eigenvalue weighted by Crippen LogP contribution is 2.08. The number of nitrogens with one attached hydrogen (secondary N) is 1. The Labute approximate surface area is 76.6 Å². The second-order valence-corrected chi connectivity index (χ2v) is 2.74. The van der Waals surface area contributed by atoms with E-state index in [2.05, 4.69) is 10.3 Å². The molecule has 0 radical (unpaired) electrons. The third-order valence-electron chi connectivity index (χ3n) is 1.61. The maximum absolute atomic E-state index is 10.5. The zero-order valence-electron chi connectivity index (χ0n) is 7.40. The first kappa shape index (κ1) is 9.67. The smallest absolute Gasteiger partial charge is 0.216 e. The van der Waals surface area contributed by atoms with Gasteiger partial charge < -0.3 is 10.4 Å². The van der Waals surface area contributed by atoms with Gasteiger partial charge in [0.2, 0.25) is 5.91 Å². The van der Waals surface area contributed by atoms with Gasteiger partial charge in [0.15, 0.2) is 0 Å². The van der Waals surface area contributed by atoms with E-state index >= 15 is 0 Å². The Morgan fingerprint density at radius 2 is 2.54 bits per heavy atom. The van der Waals surface area contributed by atoms with Crippen LogP contribution in [0.2, 0.25) is 0 Å². The van der Waals surface area contributed by atoms with E-state index in [4.69, 9.17) is 0 Å². The minimum absolute atomic E-state index is 0.150. The Balaban J connectivity index is 2.49. The van der Waals surface area contributed by atoms with Crippen molar-refractivity contribution in [1.29, 1.82) is 0 Å². The third-order valence-corrected chi connectivity index (χ3v) is 1.61. The topological polar surface area (TPSA) is 62.2 Å². The van der Waals surface area contributed by atoms with Gasteiger partial charge in [-0.25, -0.2) is 0 Å². The molecule has 1 unspecified atom stereocenters. The molecular formula is C9H12N2O2. The van der Waals surface area contributed by atoms with Gasteiger partial charge in [-0.1, -0.05) is 6.07 Å². The van der Waals surface area contributed by atoms with Crippen molar-refractivity contribution in [2.24, 2.45) is 0 Å². The standard InChI is InChI=1S/C9H12N2O2/c1-7(12)11-6-9(13)8-3-2-4-10-5-8/h2-5,9,13H,6H2,1H3,(H,11,12). The molecule has 1 atom stereocenters. The molecule has 13 heavy (non-hydrogen) atoms. The van der Waals surface area contributed by atoms with Crippen molar-refractivity contribution in [1.82, 2.24) is 10.3 Å². The van der Waals surface area contributed by atoms with E-state index in [1.54, 1.807) is 24.5 Å². The second-order valence-electron chi connectivity index (χ2n) is 2.74. The van der Waals surface area contributed by atoms with Crippen LogP contribution in [-0.4, -0.2) is 22.5 Å². The first-order valence-corrected chi connectivity index (χ1v) is 4.02. The molecule has 0 saturated carbocycles. The highest BCUT2D eigenvalue weighted by molar-refractivity contribution is 5.72. The number of hydrogen-bond donors (Lipinski definition) is 2. The van der Waals surface area contributed by atoms with Gasteiger partial charge in [-0.3, -0.25) is 9.78 Å². The number of pyridine rings is 1. The largest absolute Gasteiger partial charge is 0.387 e. The molecule has 1 rings (SSSR count). The van der Waals surface area contributed by atoms with Crippen molar-refractivity contribution < 1.29 is 9.90 Å². The van der Waals surface area contributed by atoms with E-state index in [9.17, 15) is 9.90 Å². The third kappa shape index (κ3) is 3.21. The number of nitrogens with zero attached hydrogens (tertiary/aromatic N) is 1. The van der Waals surface area contributed by atoms with Crippen LogP contribution < -0.4 is 5.32 Å². The van der Waals surface area contributed by atoms with Crippen LogP contribution in [0.1, 0.15) is 18.6 Å². The number of aliphatic hydroxyl groups excluding tert-OH is 1. The number of aromatic nitrogens is 1. The Hall–Kier alpha value is -1.42. The van der Waals surface area contributed by atoms with Crippen LogP contribution >= 0.6 is 0 Å². The summed E-state index contributed by atoms with van der Waals surface area (Å²) in [5, 5.41) is 12.0. The summed E-state index contributed by atoms with van der Waals surface area (Å²) in [6.45, 7) is 1.64. The van der Waals surface area contributed by atoms with Crippen molar-refractivity contribution in [3.05, 3.63) is 30.1 Å². The molecule has 1 heterocycles. The van der Waals surface area contributed by atoms with E-state index < -0.39 is 6.10 Å². The number of carbonyl (C=O) groups is 1. The molecule has 0 aliphatic heterocycles. The summed E-state index contributed by atoms with van der Waals surface area (Å²) in [5.41, 5.74) is 0.705. The monoisotopic (exact) mass is 180 g/mol. The Morgan fingerprint density at radius 1 is 1.77 bits per heavy atom. The number of carbonyl (C=O) groups excluding carboxylic acids is 1. The molecule has 1 aromatic rings. The van der Waals surface area contributed by atoms with Crippen molar-refractivity contribution in [3.63, 3.8) is 0 Å². The van der Waals surface area contributed by atoms with Crippen LogP contribution in [0.4, 0.5) is 0 Å². The van der Waals surface area contributed by atoms with Crippen LogP contribution in [0.5, 0.6) is 0 Å². The SMILES string of the molecule is CC(=O)NCC(O)c1cccnc1. The molecule has 2 N–H and O–H groups in total. The van der Waals surface area contributed by atoms with Gasteiger partial charge in [0.25, 0.3) is 0 Å². The molecule has 0 aromatic carbocycles. The van der Waals surface area contributed by atoms with Crippen molar-refractivity contribution in [2.75, 3.05) is 6.54 Å². The molecule has 70 valence electrons. The molecule has 1 aromatic heterocycles. The normalized spacial score (nSPS) is 12.2. The van der Waals surface area contributed by atoms with Gasteiger partial charge in [0.1, 0.15) is 0 Å². The van der Waals surface area contributed by atoms with Gasteiger partial charge in [-0.15, -0.1) is 0 Å². The van der Waals surface area contributed by atoms with Gasteiger partial charge in [0.05, 0.1) is 6.10 Å². The number of amides is 1. The molecule has 0 spiro atoms. The Kier molecular flexibility index (Phi) is 3.40. The molecule has 1 amide bonds. The van der Waals surface area contributed by atoms with Crippen LogP contribution in [0.15, 0.2) is 24.5 Å². The summed E-state index contributed by atoms with van der Waals surface area (Å²) < 4.78 is 0. The van der Waals surface area contributed by atoms with Crippen molar-refractivity contribution >= 4 is 5.91 Å². The molecular weight excluding hydrogens is 168 g/mol. The predicted molar refractivity (Wildman–Crippen MR) is 47.9 cm³/mol. The fourth-order valence-corrected chi connectivity index (χ4v) is 0.931. The lowest BCUT2D eigenvalue weighted by Crippen LogP contribution is -2.25. The van der Waals surface area contributed by atoms with Crippen LogP contribution in [0, 0.1) is 0 Å². The number of hydrogen-bond acceptors (Lipinski definition) is 3. The molecule has 0 aliphatic rings. The molecule has 4 nitrogen and oxygen atoms in total. The van der Waals surface area contributed by atoms with Crippen LogP contribution in [0.25, 0.3) is 0 Å². The second kappa shape index (κ2) is 4.57. The molecule has 4 heteroatoms. The summed E-state index contributed by atoms with van der Waals surface area (Å²) in [6, 6.07) is 3.51. The lowest BCUT2D eigenvalue weighted by Gasteiger charge is -2.09. The Bertz CT molecular complexity index is 274. The maximum atomic E-state index is 10.5. The summed E-state index contributed by atoms with van der Waals surface area (Å²) in [6.07, 6.45) is 2.53. The molecule has 0 saturated heterocycles. The lowest BCUT2D eigenvalue weighted by molar-refractivity contribution is -0.119. The summed E-state index contributed by atoms with van der Waals surface area (Å²) >= 11 is 0. The number of aliphatic hydroxyl groups is 1. The van der Waals surface area contributed by atoms with Gasteiger partial charge in [-0.2, -0.15) is 0 Å². The quantitative estimate of drug-likeness (QED) is 0.701.